The quantitative estimate of drug-likeness (QED) is 0.747. The Balaban J connectivity index is 0.000000541. The molecule has 0 atom stereocenters. The summed E-state index contributed by atoms with van der Waals surface area (Å²) in [4.78, 5) is 8.95. The largest absolute Gasteiger partial charge is 0.496 e. The molecule has 2 rings (SSSR count). The molecule has 0 radical (unpaired) electrons. The zero-order valence-electron chi connectivity index (χ0n) is 12.2. The third-order valence-corrected chi connectivity index (χ3v) is 3.34. The lowest BCUT2D eigenvalue weighted by Gasteiger charge is -2.12. The van der Waals surface area contributed by atoms with Gasteiger partial charge in [-0.15, -0.1) is 0 Å². The van der Waals surface area contributed by atoms with E-state index in [0.717, 1.165) is 10.0 Å². The predicted octanol–water partition coefficient (Wildman–Crippen LogP) is 3.97. The molecule has 0 saturated heterocycles. The number of carbonyl (C=O) groups excluding carboxylic acids is 1. The third kappa shape index (κ3) is 5.37. The molecule has 118 valence electrons. The molecule has 0 fully saturated rings. The predicted molar refractivity (Wildman–Crippen MR) is 84.5 cm³/mol. The van der Waals surface area contributed by atoms with E-state index in [1.807, 2.05) is 18.2 Å². The minimum absolute atomic E-state index is 0.232. The summed E-state index contributed by atoms with van der Waals surface area (Å²) in [5.41, 5.74) is 0.850. The molecule has 2 aromatic rings. The van der Waals surface area contributed by atoms with Gasteiger partial charge in [-0.05, 0) is 24.3 Å². The summed E-state index contributed by atoms with van der Waals surface area (Å²) in [7, 11) is 2.90. The van der Waals surface area contributed by atoms with Gasteiger partial charge in [0.25, 0.3) is 6.47 Å². The smallest absolute Gasteiger partial charge is 0.292 e. The van der Waals surface area contributed by atoms with Gasteiger partial charge in [0.05, 0.1) is 14.2 Å². The van der Waals surface area contributed by atoms with Crippen molar-refractivity contribution in [2.75, 3.05) is 14.2 Å². The molecule has 0 aliphatic carbocycles. The highest BCUT2D eigenvalue weighted by Gasteiger charge is 2.09. The van der Waals surface area contributed by atoms with Crippen molar-refractivity contribution in [1.82, 2.24) is 0 Å². The maximum atomic E-state index is 13.4. The Hall–Kier alpha value is -2.08. The molecule has 4 nitrogen and oxygen atoms in total. The molecule has 0 aliphatic heterocycles. The highest BCUT2D eigenvalue weighted by molar-refractivity contribution is 9.10. The molecule has 0 heterocycles. The fraction of sp³-hybridized carbons (Fsp3) is 0.188. The van der Waals surface area contributed by atoms with Gasteiger partial charge in [-0.3, -0.25) is 4.79 Å². The van der Waals surface area contributed by atoms with Crippen molar-refractivity contribution in [3.63, 3.8) is 0 Å². The number of para-hydroxylation sites is 1. The number of hydrogen-bond donors (Lipinski definition) is 0. The lowest BCUT2D eigenvalue weighted by atomic mass is 10.2. The van der Waals surface area contributed by atoms with Gasteiger partial charge in [-0.2, -0.15) is 0 Å². The summed E-state index contributed by atoms with van der Waals surface area (Å²) in [6.45, 7) is 0.617. The monoisotopic (exact) mass is 370 g/mol. The van der Waals surface area contributed by atoms with Gasteiger partial charge in [0.15, 0.2) is 11.6 Å². The van der Waals surface area contributed by atoms with Crippen LogP contribution in [0.2, 0.25) is 0 Å². The van der Waals surface area contributed by atoms with Gasteiger partial charge in [0.2, 0.25) is 0 Å². The first-order chi connectivity index (χ1) is 10.6. The van der Waals surface area contributed by atoms with Crippen molar-refractivity contribution in [2.24, 2.45) is 0 Å². The Bertz CT molecular complexity index is 604. The molecule has 0 saturated carbocycles. The van der Waals surface area contributed by atoms with Crippen LogP contribution in [0.15, 0.2) is 46.9 Å². The topological polar surface area (TPSA) is 44.8 Å². The van der Waals surface area contributed by atoms with Crippen LogP contribution in [-0.2, 0) is 16.1 Å². The Morgan fingerprint density at radius 1 is 1.09 bits per heavy atom. The molecule has 6 heteroatoms. The lowest BCUT2D eigenvalue weighted by molar-refractivity contribution is -0.126. The third-order valence-electron chi connectivity index (χ3n) is 2.60. The van der Waals surface area contributed by atoms with Crippen molar-refractivity contribution in [3.8, 4) is 11.5 Å². The van der Waals surface area contributed by atoms with E-state index in [4.69, 9.17) is 14.3 Å². The Kier molecular flexibility index (Phi) is 7.99. The molecule has 0 aliphatic rings. The van der Waals surface area contributed by atoms with Crippen LogP contribution in [0.5, 0.6) is 11.5 Å². The van der Waals surface area contributed by atoms with Crippen molar-refractivity contribution < 1.29 is 23.4 Å². The van der Waals surface area contributed by atoms with Crippen LogP contribution in [0.25, 0.3) is 0 Å². The zero-order chi connectivity index (χ0) is 16.4. The molecule has 0 aromatic heterocycles. The molecule has 22 heavy (non-hydrogen) atoms. The summed E-state index contributed by atoms with van der Waals surface area (Å²) in [6, 6.07) is 11.9. The second kappa shape index (κ2) is 9.78. The number of hydrogen-bond acceptors (Lipinski definition) is 4. The van der Waals surface area contributed by atoms with Crippen LogP contribution >= 0.6 is 15.9 Å². The van der Waals surface area contributed by atoms with Crippen molar-refractivity contribution in [3.05, 3.63) is 58.3 Å². The maximum absolute atomic E-state index is 13.4. The van der Waals surface area contributed by atoms with Crippen LogP contribution in [0.3, 0.4) is 0 Å². The second-order valence-corrected chi connectivity index (χ2v) is 4.83. The van der Waals surface area contributed by atoms with E-state index in [-0.39, 0.29) is 18.2 Å². The van der Waals surface area contributed by atoms with E-state index in [2.05, 4.69) is 20.7 Å². The van der Waals surface area contributed by atoms with Crippen molar-refractivity contribution in [1.29, 1.82) is 0 Å². The van der Waals surface area contributed by atoms with E-state index < -0.39 is 0 Å². The molecule has 0 bridgehead atoms. The van der Waals surface area contributed by atoms with Gasteiger partial charge in [0.1, 0.15) is 12.4 Å². The Morgan fingerprint density at radius 3 is 2.32 bits per heavy atom. The molecule has 0 spiro atoms. The molecule has 0 unspecified atom stereocenters. The van der Waals surface area contributed by atoms with Crippen LogP contribution in [0.1, 0.15) is 5.56 Å². The maximum Gasteiger partial charge on any atom is 0.292 e. The Morgan fingerprint density at radius 2 is 1.73 bits per heavy atom. The SMILES string of the molecule is COC=O.COc1cccc(Br)c1COc1ccccc1F. The number of ether oxygens (including phenoxy) is 3. The van der Waals surface area contributed by atoms with Gasteiger partial charge in [-0.1, -0.05) is 34.1 Å². The van der Waals surface area contributed by atoms with Crippen molar-refractivity contribution in [2.45, 2.75) is 6.61 Å². The normalized spacial score (nSPS) is 9.27. The fourth-order valence-electron chi connectivity index (χ4n) is 1.58. The zero-order valence-corrected chi connectivity index (χ0v) is 13.8. The van der Waals surface area contributed by atoms with Gasteiger partial charge < -0.3 is 14.2 Å². The van der Waals surface area contributed by atoms with E-state index in [0.29, 0.717) is 12.2 Å². The van der Waals surface area contributed by atoms with Crippen LogP contribution in [0, 0.1) is 5.82 Å². The van der Waals surface area contributed by atoms with E-state index in [9.17, 15) is 4.39 Å². The number of halogens is 2. The highest BCUT2D eigenvalue weighted by atomic mass is 79.9. The number of benzene rings is 2. The summed E-state index contributed by atoms with van der Waals surface area (Å²) in [5, 5.41) is 0. The number of rotatable bonds is 5. The minimum Gasteiger partial charge on any atom is -0.496 e. The molecular weight excluding hydrogens is 355 g/mol. The standard InChI is InChI=1S/C14H12BrFO2.C2H4O2/c1-17-13-8-4-5-11(15)10(13)9-18-14-7-3-2-6-12(14)16;1-4-2-3/h2-8H,9H2,1H3;2H,1H3. The van der Waals surface area contributed by atoms with Crippen LogP contribution in [-0.4, -0.2) is 20.7 Å². The minimum atomic E-state index is -0.372. The first kappa shape index (κ1) is 18.0. The van der Waals surface area contributed by atoms with E-state index >= 15 is 0 Å². The number of methoxy groups -OCH3 is 2. The summed E-state index contributed by atoms with van der Waals surface area (Å²) in [6.07, 6.45) is 0. The second-order valence-electron chi connectivity index (χ2n) is 3.97. The summed E-state index contributed by atoms with van der Waals surface area (Å²) < 4.78 is 28.8. The highest BCUT2D eigenvalue weighted by Crippen LogP contribution is 2.28. The summed E-state index contributed by atoms with van der Waals surface area (Å²) >= 11 is 3.43. The molecule has 2 aromatic carbocycles. The number of carbonyl (C=O) groups is 1. The van der Waals surface area contributed by atoms with Crippen molar-refractivity contribution >= 4 is 22.4 Å². The fourth-order valence-corrected chi connectivity index (χ4v) is 2.04. The molecular formula is C16H16BrFO4. The molecule has 0 N–H and O–H groups in total. The average molecular weight is 371 g/mol. The Labute approximate surface area is 136 Å². The first-order valence-corrected chi connectivity index (χ1v) is 7.08. The summed E-state index contributed by atoms with van der Waals surface area (Å²) in [5.74, 6) is 0.569. The van der Waals surface area contributed by atoms with E-state index in [1.165, 1.54) is 13.2 Å². The van der Waals surface area contributed by atoms with Crippen LogP contribution < -0.4 is 9.47 Å². The average Bonchev–Trinajstić information content (AvgIpc) is 2.55. The van der Waals surface area contributed by atoms with E-state index in [1.54, 1.807) is 25.3 Å². The van der Waals surface area contributed by atoms with Crippen LogP contribution in [0.4, 0.5) is 4.39 Å². The van der Waals surface area contributed by atoms with Gasteiger partial charge in [0, 0.05) is 10.0 Å². The lowest BCUT2D eigenvalue weighted by Crippen LogP contribution is -2.01. The molecule has 0 amide bonds. The van der Waals surface area contributed by atoms with Gasteiger partial charge in [-0.25, -0.2) is 4.39 Å². The first-order valence-electron chi connectivity index (χ1n) is 6.29. The van der Waals surface area contributed by atoms with Gasteiger partial charge >= 0.3 is 0 Å².